The number of Topliss-reactive ketones (excluding diaryl/α,β-unsaturated/α-hetero) is 1. The third-order valence-corrected chi connectivity index (χ3v) is 4.99. The third-order valence-electron chi connectivity index (χ3n) is 4.99. The molecule has 1 saturated heterocycles. The highest BCUT2D eigenvalue weighted by molar-refractivity contribution is 5.99. The largest absolute Gasteiger partial charge is 0.573 e. The van der Waals surface area contributed by atoms with Crippen LogP contribution in [-0.2, 0) is 4.79 Å². The van der Waals surface area contributed by atoms with Crippen molar-refractivity contribution in [3.63, 3.8) is 0 Å². The summed E-state index contributed by atoms with van der Waals surface area (Å²) in [6.07, 6.45) is -0.957. The van der Waals surface area contributed by atoms with E-state index in [2.05, 4.69) is 9.72 Å². The molecule has 6 nitrogen and oxygen atoms in total. The van der Waals surface area contributed by atoms with Crippen LogP contribution in [0.1, 0.15) is 37.2 Å². The number of hydrogen-bond acceptors (Lipinski definition) is 5. The van der Waals surface area contributed by atoms with Crippen molar-refractivity contribution in [3.05, 3.63) is 35.8 Å². The summed E-state index contributed by atoms with van der Waals surface area (Å²) in [5, 5.41) is 0. The van der Waals surface area contributed by atoms with Gasteiger partial charge in [-0.15, -0.1) is 13.2 Å². The Balaban J connectivity index is 1.74. The number of hydrogen-bond donors (Lipinski definition) is 1. The molecule has 1 aromatic heterocycles. The van der Waals surface area contributed by atoms with Crippen LogP contribution >= 0.6 is 0 Å². The fourth-order valence-corrected chi connectivity index (χ4v) is 3.99. The number of rotatable bonds is 2. The number of alkyl halides is 3. The Kier molecular flexibility index (Phi) is 4.44. The van der Waals surface area contributed by atoms with Crippen LogP contribution in [0.4, 0.5) is 13.2 Å². The standard InChI is InChI=1S/C18H20F3N3O3/c1-16(2)9-17(7-12(22)14(16)25)5-6-24(10-17)15(26)13-4-3-11(8-23-13)27-18(19,20)21/h3-4,7-8H,5-6,9-10,22H2,1-2H3/t17-/m1/s1. The van der Waals surface area contributed by atoms with Gasteiger partial charge in [0.25, 0.3) is 5.91 Å². The van der Waals surface area contributed by atoms with Gasteiger partial charge in [-0.3, -0.25) is 9.59 Å². The van der Waals surface area contributed by atoms with Crippen molar-refractivity contribution in [3.8, 4) is 5.75 Å². The average molecular weight is 383 g/mol. The van der Waals surface area contributed by atoms with Crippen LogP contribution in [0.5, 0.6) is 5.75 Å². The van der Waals surface area contributed by atoms with Crippen LogP contribution in [0.15, 0.2) is 30.1 Å². The smallest absolute Gasteiger partial charge is 0.404 e. The molecule has 1 amide bonds. The molecule has 0 aromatic carbocycles. The molecule has 1 atom stereocenters. The molecule has 1 spiro atoms. The molecule has 146 valence electrons. The predicted molar refractivity (Wildman–Crippen MR) is 89.5 cm³/mol. The molecule has 2 aliphatic rings. The molecule has 1 aliphatic heterocycles. The summed E-state index contributed by atoms with van der Waals surface area (Å²) in [6, 6.07) is 2.26. The lowest BCUT2D eigenvalue weighted by atomic mass is 9.65. The van der Waals surface area contributed by atoms with Gasteiger partial charge in [0, 0.05) is 23.9 Å². The van der Waals surface area contributed by atoms with Gasteiger partial charge < -0.3 is 15.4 Å². The fraction of sp³-hybridized carbons (Fsp3) is 0.500. The highest BCUT2D eigenvalue weighted by Crippen LogP contribution is 2.47. The first kappa shape index (κ1) is 19.2. The zero-order chi connectivity index (χ0) is 20.0. The third kappa shape index (κ3) is 3.91. The SMILES string of the molecule is CC1(C)C[C@]2(C=C(N)C1=O)CCN(C(=O)c1ccc(OC(F)(F)F)cn1)C2. The normalized spacial score (nSPS) is 24.9. The summed E-state index contributed by atoms with van der Waals surface area (Å²) in [5.41, 5.74) is 5.16. The number of likely N-dealkylation sites (tertiary alicyclic amines) is 1. The van der Waals surface area contributed by atoms with Gasteiger partial charge in [0.15, 0.2) is 5.78 Å². The van der Waals surface area contributed by atoms with Crippen molar-refractivity contribution < 1.29 is 27.5 Å². The highest BCUT2D eigenvalue weighted by Gasteiger charge is 2.48. The van der Waals surface area contributed by atoms with Gasteiger partial charge in [0.2, 0.25) is 0 Å². The van der Waals surface area contributed by atoms with Gasteiger partial charge in [-0.25, -0.2) is 4.98 Å². The van der Waals surface area contributed by atoms with E-state index >= 15 is 0 Å². The average Bonchev–Trinajstić information content (AvgIpc) is 2.94. The number of carbonyl (C=O) groups excluding carboxylic acids is 2. The van der Waals surface area contributed by atoms with Gasteiger partial charge in [-0.1, -0.05) is 13.8 Å². The first-order chi connectivity index (χ1) is 12.4. The van der Waals surface area contributed by atoms with Crippen LogP contribution < -0.4 is 10.5 Å². The summed E-state index contributed by atoms with van der Waals surface area (Å²) in [7, 11) is 0. The first-order valence-corrected chi connectivity index (χ1v) is 8.45. The number of pyridine rings is 1. The maximum atomic E-state index is 12.7. The van der Waals surface area contributed by atoms with Crippen molar-refractivity contribution >= 4 is 11.7 Å². The van der Waals surface area contributed by atoms with Gasteiger partial charge in [-0.05, 0) is 31.1 Å². The lowest BCUT2D eigenvalue weighted by Gasteiger charge is -2.39. The number of amides is 1. The minimum atomic E-state index is -4.81. The van der Waals surface area contributed by atoms with E-state index in [-0.39, 0.29) is 28.5 Å². The molecule has 9 heteroatoms. The molecule has 1 aliphatic carbocycles. The second kappa shape index (κ2) is 6.24. The Hall–Kier alpha value is -2.58. The molecule has 0 radical (unpaired) electrons. The summed E-state index contributed by atoms with van der Waals surface area (Å²) in [5.74, 6) is -0.966. The molecule has 1 fully saturated rings. The minimum Gasteiger partial charge on any atom is -0.404 e. The monoisotopic (exact) mass is 383 g/mol. The topological polar surface area (TPSA) is 85.5 Å². The zero-order valence-electron chi connectivity index (χ0n) is 15.0. The van der Waals surface area contributed by atoms with Crippen LogP contribution in [0.25, 0.3) is 0 Å². The maximum absolute atomic E-state index is 12.7. The van der Waals surface area contributed by atoms with Crippen molar-refractivity contribution in [2.24, 2.45) is 16.6 Å². The molecular formula is C18H20F3N3O3. The number of nitrogens with zero attached hydrogens (tertiary/aromatic N) is 2. The van der Waals surface area contributed by atoms with E-state index in [0.717, 1.165) is 12.3 Å². The molecule has 2 N–H and O–H groups in total. The number of allylic oxidation sites excluding steroid dienone is 1. The number of carbonyl (C=O) groups is 2. The number of aromatic nitrogens is 1. The Labute approximate surface area is 154 Å². The van der Waals surface area contributed by atoms with E-state index in [1.54, 1.807) is 11.0 Å². The van der Waals surface area contributed by atoms with Crippen molar-refractivity contribution in [2.75, 3.05) is 13.1 Å². The summed E-state index contributed by atoms with van der Waals surface area (Å²) < 4.78 is 40.4. The number of ketones is 1. The van der Waals surface area contributed by atoms with E-state index < -0.39 is 17.5 Å². The lowest BCUT2D eigenvalue weighted by molar-refractivity contribution is -0.274. The summed E-state index contributed by atoms with van der Waals surface area (Å²) in [4.78, 5) is 30.2. The second-order valence-electron chi connectivity index (χ2n) is 7.76. The Bertz CT molecular complexity index is 802. The van der Waals surface area contributed by atoms with E-state index in [4.69, 9.17) is 5.73 Å². The highest BCUT2D eigenvalue weighted by atomic mass is 19.4. The molecule has 0 bridgehead atoms. The van der Waals surface area contributed by atoms with E-state index in [1.807, 2.05) is 13.8 Å². The molecule has 1 aromatic rings. The van der Waals surface area contributed by atoms with Crippen molar-refractivity contribution in [2.45, 2.75) is 33.1 Å². The van der Waals surface area contributed by atoms with Gasteiger partial charge in [0.1, 0.15) is 11.4 Å². The molecule has 3 rings (SSSR count). The quantitative estimate of drug-likeness (QED) is 0.849. The Morgan fingerprint density at radius 3 is 2.59 bits per heavy atom. The van der Waals surface area contributed by atoms with E-state index in [1.165, 1.54) is 6.07 Å². The Morgan fingerprint density at radius 2 is 2.04 bits per heavy atom. The second-order valence-corrected chi connectivity index (χ2v) is 7.76. The van der Waals surface area contributed by atoms with E-state index in [9.17, 15) is 22.8 Å². The predicted octanol–water partition coefficient (Wildman–Crippen LogP) is 2.65. The van der Waals surface area contributed by atoms with Crippen LogP contribution in [0, 0.1) is 10.8 Å². The van der Waals surface area contributed by atoms with Gasteiger partial charge >= 0.3 is 6.36 Å². The fourth-order valence-electron chi connectivity index (χ4n) is 3.99. The Morgan fingerprint density at radius 1 is 1.33 bits per heavy atom. The maximum Gasteiger partial charge on any atom is 0.573 e. The molecular weight excluding hydrogens is 363 g/mol. The molecule has 0 saturated carbocycles. The van der Waals surface area contributed by atoms with Crippen LogP contribution in [0.2, 0.25) is 0 Å². The van der Waals surface area contributed by atoms with Crippen LogP contribution in [-0.4, -0.2) is 41.0 Å². The van der Waals surface area contributed by atoms with Crippen LogP contribution in [0.3, 0.4) is 0 Å². The number of nitrogens with two attached hydrogens (primary N) is 1. The minimum absolute atomic E-state index is 0.0321. The number of halogens is 3. The summed E-state index contributed by atoms with van der Waals surface area (Å²) >= 11 is 0. The van der Waals surface area contributed by atoms with Crippen molar-refractivity contribution in [1.82, 2.24) is 9.88 Å². The molecule has 27 heavy (non-hydrogen) atoms. The summed E-state index contributed by atoms with van der Waals surface area (Å²) in [6.45, 7) is 4.51. The van der Waals surface area contributed by atoms with E-state index in [0.29, 0.717) is 25.9 Å². The zero-order valence-corrected chi connectivity index (χ0v) is 15.0. The number of ether oxygens (including phenoxy) is 1. The molecule has 2 heterocycles. The first-order valence-electron chi connectivity index (χ1n) is 8.45. The lowest BCUT2D eigenvalue weighted by Crippen LogP contribution is -2.42. The van der Waals surface area contributed by atoms with Crippen molar-refractivity contribution in [1.29, 1.82) is 0 Å². The van der Waals surface area contributed by atoms with Gasteiger partial charge in [-0.2, -0.15) is 0 Å². The molecule has 0 unspecified atom stereocenters. The van der Waals surface area contributed by atoms with Gasteiger partial charge in [0.05, 0.1) is 11.9 Å².